The Balaban J connectivity index is 1.47. The SMILES string of the molecule is O=S(=O)(NC1CCC(NS(=O)(=O)N2CCCCCC2)CC1)N1CCCCCC1. The van der Waals surface area contributed by atoms with Crippen molar-refractivity contribution >= 4 is 20.4 Å². The highest BCUT2D eigenvalue weighted by Crippen LogP contribution is 2.22. The minimum atomic E-state index is -3.44. The van der Waals surface area contributed by atoms with Crippen molar-refractivity contribution in [2.75, 3.05) is 26.2 Å². The van der Waals surface area contributed by atoms with Crippen molar-refractivity contribution < 1.29 is 16.8 Å². The molecule has 3 fully saturated rings. The van der Waals surface area contributed by atoms with Crippen LogP contribution in [0.4, 0.5) is 0 Å². The van der Waals surface area contributed by atoms with Crippen molar-refractivity contribution in [3.8, 4) is 0 Å². The Labute approximate surface area is 170 Å². The maximum Gasteiger partial charge on any atom is 0.279 e. The van der Waals surface area contributed by atoms with Crippen LogP contribution in [-0.4, -0.2) is 63.7 Å². The molecule has 164 valence electrons. The van der Waals surface area contributed by atoms with Gasteiger partial charge in [-0.3, -0.25) is 0 Å². The number of hydrogen-bond donors (Lipinski definition) is 2. The summed E-state index contributed by atoms with van der Waals surface area (Å²) in [6.07, 6.45) is 10.7. The molecule has 0 unspecified atom stereocenters. The Morgan fingerprint density at radius 2 is 0.786 bits per heavy atom. The highest BCUT2D eigenvalue weighted by Gasteiger charge is 2.32. The van der Waals surface area contributed by atoms with Gasteiger partial charge in [-0.1, -0.05) is 25.7 Å². The van der Waals surface area contributed by atoms with Crippen LogP contribution in [0.15, 0.2) is 0 Å². The Morgan fingerprint density at radius 3 is 1.07 bits per heavy atom. The van der Waals surface area contributed by atoms with Crippen LogP contribution in [-0.2, 0) is 20.4 Å². The molecular weight excluding hydrogens is 400 g/mol. The van der Waals surface area contributed by atoms with Gasteiger partial charge in [0.2, 0.25) is 0 Å². The Morgan fingerprint density at radius 1 is 0.500 bits per heavy atom. The summed E-state index contributed by atoms with van der Waals surface area (Å²) in [6.45, 7) is 2.39. The standard InChI is InChI=1S/C18H36N4O4S2/c23-27(24,21-13-5-1-2-6-14-21)19-17-9-11-18(12-10-17)20-28(25,26)22-15-7-3-4-8-16-22/h17-20H,1-16H2. The average Bonchev–Trinajstić information content (AvgIpc) is 3.09. The normalized spacial score (nSPS) is 29.9. The zero-order valence-electron chi connectivity index (χ0n) is 16.8. The molecule has 0 aromatic heterocycles. The molecule has 2 aliphatic heterocycles. The third-order valence-corrected chi connectivity index (χ3v) is 9.52. The molecule has 1 saturated carbocycles. The minimum absolute atomic E-state index is 0.104. The van der Waals surface area contributed by atoms with E-state index in [4.69, 9.17) is 0 Å². The molecule has 0 aromatic carbocycles. The molecule has 10 heteroatoms. The third-order valence-electron chi connectivity index (χ3n) is 6.17. The highest BCUT2D eigenvalue weighted by atomic mass is 32.2. The first-order valence-corrected chi connectivity index (χ1v) is 13.8. The van der Waals surface area contributed by atoms with Crippen LogP contribution < -0.4 is 9.44 Å². The van der Waals surface area contributed by atoms with E-state index in [0.717, 1.165) is 51.4 Å². The van der Waals surface area contributed by atoms with E-state index in [1.807, 2.05) is 0 Å². The van der Waals surface area contributed by atoms with E-state index in [2.05, 4.69) is 9.44 Å². The zero-order chi connectivity index (χ0) is 20.0. The largest absolute Gasteiger partial charge is 0.279 e. The van der Waals surface area contributed by atoms with Crippen LogP contribution in [0.1, 0.15) is 77.0 Å². The first-order chi connectivity index (χ1) is 13.4. The van der Waals surface area contributed by atoms with E-state index in [0.29, 0.717) is 51.9 Å². The molecule has 0 spiro atoms. The lowest BCUT2D eigenvalue weighted by Gasteiger charge is -2.32. The summed E-state index contributed by atoms with van der Waals surface area (Å²) >= 11 is 0. The number of hydrogen-bond acceptors (Lipinski definition) is 4. The highest BCUT2D eigenvalue weighted by molar-refractivity contribution is 7.87. The Kier molecular flexibility index (Phi) is 8.14. The summed E-state index contributed by atoms with van der Waals surface area (Å²) in [4.78, 5) is 0. The first-order valence-electron chi connectivity index (χ1n) is 10.9. The van der Waals surface area contributed by atoms with Crippen LogP contribution in [0.5, 0.6) is 0 Å². The molecule has 0 atom stereocenters. The third kappa shape index (κ3) is 6.37. The van der Waals surface area contributed by atoms with Gasteiger partial charge in [-0.2, -0.15) is 34.9 Å². The zero-order valence-corrected chi connectivity index (χ0v) is 18.4. The van der Waals surface area contributed by atoms with Gasteiger partial charge in [-0.25, -0.2) is 0 Å². The fourth-order valence-corrected chi connectivity index (χ4v) is 7.55. The summed E-state index contributed by atoms with van der Waals surface area (Å²) in [6, 6.07) is -0.209. The summed E-state index contributed by atoms with van der Waals surface area (Å²) in [5.41, 5.74) is 0. The van der Waals surface area contributed by atoms with E-state index in [-0.39, 0.29) is 12.1 Å². The molecule has 3 aliphatic rings. The number of rotatable bonds is 6. The van der Waals surface area contributed by atoms with Gasteiger partial charge in [0.25, 0.3) is 20.4 Å². The van der Waals surface area contributed by atoms with Gasteiger partial charge in [-0.15, -0.1) is 0 Å². The second-order valence-corrected chi connectivity index (χ2v) is 11.8. The molecule has 2 heterocycles. The molecule has 8 nitrogen and oxygen atoms in total. The van der Waals surface area contributed by atoms with E-state index in [1.54, 1.807) is 8.61 Å². The van der Waals surface area contributed by atoms with Crippen LogP contribution in [0, 0.1) is 0 Å². The minimum Gasteiger partial charge on any atom is -0.199 e. The second kappa shape index (κ2) is 10.2. The number of nitrogens with one attached hydrogen (secondary N) is 2. The van der Waals surface area contributed by atoms with Crippen molar-refractivity contribution in [1.29, 1.82) is 0 Å². The topological polar surface area (TPSA) is 98.8 Å². The summed E-state index contributed by atoms with van der Waals surface area (Å²) < 4.78 is 59.5. The first kappa shape index (κ1) is 22.4. The predicted molar refractivity (Wildman–Crippen MR) is 110 cm³/mol. The van der Waals surface area contributed by atoms with Gasteiger partial charge in [0.15, 0.2) is 0 Å². The van der Waals surface area contributed by atoms with Gasteiger partial charge in [0.1, 0.15) is 0 Å². The van der Waals surface area contributed by atoms with Gasteiger partial charge in [0, 0.05) is 38.3 Å². The fourth-order valence-electron chi connectivity index (χ4n) is 4.46. The average molecular weight is 437 g/mol. The summed E-state index contributed by atoms with van der Waals surface area (Å²) in [5, 5.41) is 0. The molecule has 0 bridgehead atoms. The van der Waals surface area contributed by atoms with Crippen LogP contribution >= 0.6 is 0 Å². The van der Waals surface area contributed by atoms with E-state index >= 15 is 0 Å². The van der Waals surface area contributed by atoms with Gasteiger partial charge in [0.05, 0.1) is 0 Å². The fraction of sp³-hybridized carbons (Fsp3) is 1.00. The monoisotopic (exact) mass is 436 g/mol. The lowest BCUT2D eigenvalue weighted by molar-refractivity contribution is 0.333. The summed E-state index contributed by atoms with van der Waals surface area (Å²) in [7, 11) is -6.89. The van der Waals surface area contributed by atoms with Crippen molar-refractivity contribution in [2.24, 2.45) is 0 Å². The molecule has 2 N–H and O–H groups in total. The molecule has 2 saturated heterocycles. The van der Waals surface area contributed by atoms with Crippen molar-refractivity contribution in [3.05, 3.63) is 0 Å². The molecular formula is C18H36N4O4S2. The van der Waals surface area contributed by atoms with E-state index < -0.39 is 20.4 Å². The molecule has 28 heavy (non-hydrogen) atoms. The summed E-state index contributed by atoms with van der Waals surface area (Å²) in [5.74, 6) is 0. The van der Waals surface area contributed by atoms with Gasteiger partial charge >= 0.3 is 0 Å². The van der Waals surface area contributed by atoms with Crippen molar-refractivity contribution in [1.82, 2.24) is 18.1 Å². The molecule has 0 aromatic rings. The van der Waals surface area contributed by atoms with Gasteiger partial charge in [-0.05, 0) is 51.4 Å². The maximum absolute atomic E-state index is 12.7. The molecule has 3 rings (SSSR count). The maximum atomic E-state index is 12.7. The van der Waals surface area contributed by atoms with Crippen LogP contribution in [0.2, 0.25) is 0 Å². The van der Waals surface area contributed by atoms with Crippen LogP contribution in [0.3, 0.4) is 0 Å². The van der Waals surface area contributed by atoms with E-state index in [9.17, 15) is 16.8 Å². The predicted octanol–water partition coefficient (Wildman–Crippen LogP) is 1.72. The smallest absolute Gasteiger partial charge is 0.199 e. The lowest BCUT2D eigenvalue weighted by atomic mass is 9.92. The second-order valence-electron chi connectivity index (χ2n) is 8.42. The molecule has 0 amide bonds. The van der Waals surface area contributed by atoms with Gasteiger partial charge < -0.3 is 0 Å². The van der Waals surface area contributed by atoms with E-state index in [1.165, 1.54) is 0 Å². The number of nitrogens with zero attached hydrogens (tertiary/aromatic N) is 2. The Bertz CT molecular complexity index is 614. The molecule has 1 aliphatic carbocycles. The quantitative estimate of drug-likeness (QED) is 0.662. The van der Waals surface area contributed by atoms with Crippen molar-refractivity contribution in [2.45, 2.75) is 89.1 Å². The Hall–Kier alpha value is -0.260. The van der Waals surface area contributed by atoms with Crippen LogP contribution in [0.25, 0.3) is 0 Å². The lowest BCUT2D eigenvalue weighted by Crippen LogP contribution is -2.50. The van der Waals surface area contributed by atoms with Crippen molar-refractivity contribution in [3.63, 3.8) is 0 Å². The molecule has 0 radical (unpaired) electrons.